The number of amides is 2. The summed E-state index contributed by atoms with van der Waals surface area (Å²) in [5.74, 6) is -0.224. The highest BCUT2D eigenvalue weighted by atomic mass is 16.6. The van der Waals surface area contributed by atoms with Crippen LogP contribution in [-0.4, -0.2) is 41.3 Å². The second kappa shape index (κ2) is 15.7. The first-order valence-corrected chi connectivity index (χ1v) is 15.1. The summed E-state index contributed by atoms with van der Waals surface area (Å²) in [6, 6.07) is 21.3. The van der Waals surface area contributed by atoms with Gasteiger partial charge in [0.15, 0.2) is 0 Å². The Balaban J connectivity index is 1.29. The minimum absolute atomic E-state index is 0.00485. The fourth-order valence-corrected chi connectivity index (χ4v) is 5.29. The average molecular weight is 618 g/mol. The molecule has 1 aliphatic rings. The number of nitro benzene ring substituents is 1. The normalized spacial score (nSPS) is 17.5. The third-order valence-corrected chi connectivity index (χ3v) is 7.78. The van der Waals surface area contributed by atoms with Crippen LogP contribution >= 0.6 is 0 Å². The van der Waals surface area contributed by atoms with Crippen molar-refractivity contribution in [1.29, 1.82) is 0 Å². The number of benzene rings is 3. The van der Waals surface area contributed by atoms with Crippen LogP contribution in [0.1, 0.15) is 63.5 Å². The topological polar surface area (TPSA) is 146 Å². The number of alkyl carbamates (subject to hydrolysis) is 1. The molecule has 0 saturated heterocycles. The summed E-state index contributed by atoms with van der Waals surface area (Å²) >= 11 is 0. The molecule has 11 nitrogen and oxygen atoms in total. The molecule has 1 saturated carbocycles. The predicted octanol–water partition coefficient (Wildman–Crippen LogP) is 7.32. The lowest BCUT2D eigenvalue weighted by atomic mass is 9.83. The number of nitrogens with zero attached hydrogens (tertiary/aromatic N) is 1. The summed E-state index contributed by atoms with van der Waals surface area (Å²) in [5.41, 5.74) is 3.30. The molecule has 1 aliphatic carbocycles. The molecule has 1 fully saturated rings. The lowest BCUT2D eigenvalue weighted by Gasteiger charge is -2.36. The van der Waals surface area contributed by atoms with E-state index in [1.165, 1.54) is 12.1 Å². The molecular weight excluding hydrogens is 578 g/mol. The summed E-state index contributed by atoms with van der Waals surface area (Å²) in [5, 5.41) is 16.6. The highest BCUT2D eigenvalue weighted by Crippen LogP contribution is 2.34. The molecule has 0 aromatic heterocycles. The minimum Gasteiger partial charge on any atom is -0.466 e. The van der Waals surface area contributed by atoms with Crippen LogP contribution < -0.4 is 10.6 Å². The van der Waals surface area contributed by atoms with Gasteiger partial charge in [-0.25, -0.2) is 9.59 Å². The van der Waals surface area contributed by atoms with E-state index in [9.17, 15) is 24.5 Å². The van der Waals surface area contributed by atoms with Crippen LogP contribution in [0.25, 0.3) is 11.1 Å². The molecule has 0 bridgehead atoms. The number of hydrogen-bond donors (Lipinski definition) is 2. The van der Waals surface area contributed by atoms with Crippen molar-refractivity contribution in [3.63, 3.8) is 0 Å². The van der Waals surface area contributed by atoms with Gasteiger partial charge in [-0.05, 0) is 87.3 Å². The minimum atomic E-state index is -0.713. The number of anilines is 1. The molecule has 0 radical (unpaired) electrons. The Bertz CT molecular complexity index is 1470. The summed E-state index contributed by atoms with van der Waals surface area (Å²) in [6.45, 7) is 4.02. The van der Waals surface area contributed by atoms with Crippen LogP contribution in [0.3, 0.4) is 0 Å². The van der Waals surface area contributed by atoms with E-state index in [1.807, 2.05) is 55.5 Å². The first-order valence-electron chi connectivity index (χ1n) is 15.1. The van der Waals surface area contributed by atoms with Crippen molar-refractivity contribution in [2.75, 3.05) is 11.9 Å². The molecule has 0 spiro atoms. The molecule has 11 heteroatoms. The lowest BCUT2D eigenvalue weighted by molar-refractivity contribution is -0.384. The number of nitrogens with one attached hydrogen (secondary N) is 2. The number of carbonyl (C=O) groups excluding carboxylic acids is 3. The number of rotatable bonds is 12. The van der Waals surface area contributed by atoms with Gasteiger partial charge in [-0.2, -0.15) is 0 Å². The van der Waals surface area contributed by atoms with Gasteiger partial charge in [-0.3, -0.25) is 20.2 Å². The van der Waals surface area contributed by atoms with E-state index in [-0.39, 0.29) is 24.3 Å². The molecule has 4 rings (SSSR count). The van der Waals surface area contributed by atoms with Crippen LogP contribution in [-0.2, 0) is 32.0 Å². The van der Waals surface area contributed by atoms with E-state index >= 15 is 0 Å². The SMILES string of the molecule is CCOC(=O)CCCc1ccc(-c2ccccc2)c(NC(=O)OC2(C)CCC(NC(=O)OCc3ccc([N+](=O)[O-])cc3)CC2)c1. The number of ether oxygens (including phenoxy) is 3. The van der Waals surface area contributed by atoms with Gasteiger partial charge in [-0.15, -0.1) is 0 Å². The van der Waals surface area contributed by atoms with Gasteiger partial charge in [-0.1, -0.05) is 42.5 Å². The Morgan fingerprint density at radius 3 is 2.29 bits per heavy atom. The lowest BCUT2D eigenvalue weighted by Crippen LogP contribution is -2.44. The Morgan fingerprint density at radius 2 is 1.62 bits per heavy atom. The Morgan fingerprint density at radius 1 is 0.933 bits per heavy atom. The van der Waals surface area contributed by atoms with Crippen LogP contribution in [0.2, 0.25) is 0 Å². The summed E-state index contributed by atoms with van der Waals surface area (Å²) < 4.78 is 16.2. The standard InChI is InChI=1S/C34H39N3O8/c1-3-43-31(38)11-7-8-24-14-17-29(26-9-5-4-6-10-26)30(22-24)36-33(40)45-34(2)20-18-27(19-21-34)35-32(39)44-23-25-12-15-28(16-13-25)37(41)42/h4-6,9-10,12-17,22,27H,3,7-8,11,18-21,23H2,1-2H3,(H,35,39)(H,36,40). The zero-order valence-corrected chi connectivity index (χ0v) is 25.6. The quantitative estimate of drug-likeness (QED) is 0.0930. The molecule has 2 N–H and O–H groups in total. The number of carbonyl (C=O) groups is 3. The maximum atomic E-state index is 13.2. The average Bonchev–Trinajstić information content (AvgIpc) is 3.02. The molecular formula is C34H39N3O8. The van der Waals surface area contributed by atoms with Crippen molar-refractivity contribution in [2.24, 2.45) is 0 Å². The van der Waals surface area contributed by atoms with Crippen molar-refractivity contribution >= 4 is 29.5 Å². The highest BCUT2D eigenvalue weighted by molar-refractivity contribution is 5.92. The first-order chi connectivity index (χ1) is 21.6. The fraction of sp³-hybridized carbons (Fsp3) is 0.382. The Kier molecular flexibility index (Phi) is 11.5. The molecule has 2 amide bonds. The maximum absolute atomic E-state index is 13.2. The third-order valence-electron chi connectivity index (χ3n) is 7.78. The van der Waals surface area contributed by atoms with E-state index in [0.29, 0.717) is 62.8 Å². The van der Waals surface area contributed by atoms with Crippen molar-refractivity contribution in [3.05, 3.63) is 94.0 Å². The summed E-state index contributed by atoms with van der Waals surface area (Å²) in [4.78, 5) is 47.6. The highest BCUT2D eigenvalue weighted by Gasteiger charge is 2.35. The maximum Gasteiger partial charge on any atom is 0.412 e. The molecule has 0 unspecified atom stereocenters. The van der Waals surface area contributed by atoms with Gasteiger partial charge in [0.05, 0.1) is 17.2 Å². The molecule has 3 aromatic rings. The van der Waals surface area contributed by atoms with Gasteiger partial charge >= 0.3 is 18.2 Å². The van der Waals surface area contributed by atoms with Crippen LogP contribution in [0, 0.1) is 10.1 Å². The van der Waals surface area contributed by atoms with Crippen molar-refractivity contribution in [1.82, 2.24) is 5.32 Å². The molecule has 45 heavy (non-hydrogen) atoms. The van der Waals surface area contributed by atoms with Crippen molar-refractivity contribution in [3.8, 4) is 11.1 Å². The summed E-state index contributed by atoms with van der Waals surface area (Å²) in [7, 11) is 0. The molecule has 0 heterocycles. The number of non-ortho nitro benzene ring substituents is 1. The zero-order valence-electron chi connectivity index (χ0n) is 25.6. The molecule has 0 aliphatic heterocycles. The van der Waals surface area contributed by atoms with Crippen LogP contribution in [0.15, 0.2) is 72.8 Å². The number of hydrogen-bond acceptors (Lipinski definition) is 8. The van der Waals surface area contributed by atoms with E-state index in [4.69, 9.17) is 14.2 Å². The van der Waals surface area contributed by atoms with Crippen LogP contribution in [0.4, 0.5) is 21.0 Å². The second-order valence-corrected chi connectivity index (χ2v) is 11.3. The van der Waals surface area contributed by atoms with Crippen LogP contribution in [0.5, 0.6) is 0 Å². The monoisotopic (exact) mass is 617 g/mol. The van der Waals surface area contributed by atoms with Gasteiger partial charge in [0.2, 0.25) is 0 Å². The molecule has 3 aromatic carbocycles. The molecule has 0 atom stereocenters. The van der Waals surface area contributed by atoms with Crippen molar-refractivity contribution < 1.29 is 33.5 Å². The van der Waals surface area contributed by atoms with E-state index in [2.05, 4.69) is 10.6 Å². The predicted molar refractivity (Wildman–Crippen MR) is 169 cm³/mol. The number of aryl methyl sites for hydroxylation is 1. The molecule has 238 valence electrons. The smallest absolute Gasteiger partial charge is 0.412 e. The van der Waals surface area contributed by atoms with Crippen molar-refractivity contribution in [2.45, 2.75) is 77.0 Å². The largest absolute Gasteiger partial charge is 0.466 e. The van der Waals surface area contributed by atoms with Gasteiger partial charge in [0, 0.05) is 30.2 Å². The Hall–Kier alpha value is -4.93. The van der Waals surface area contributed by atoms with Gasteiger partial charge in [0.1, 0.15) is 12.2 Å². The first kappa shape index (κ1) is 33.0. The van der Waals surface area contributed by atoms with E-state index in [1.54, 1.807) is 19.1 Å². The Labute approximate surface area is 262 Å². The van der Waals surface area contributed by atoms with E-state index in [0.717, 1.165) is 16.7 Å². The second-order valence-electron chi connectivity index (χ2n) is 11.3. The third kappa shape index (κ3) is 10.1. The van der Waals surface area contributed by atoms with E-state index < -0.39 is 22.7 Å². The van der Waals surface area contributed by atoms with Gasteiger partial charge < -0.3 is 19.5 Å². The summed E-state index contributed by atoms with van der Waals surface area (Å²) in [6.07, 6.45) is 2.77. The number of esters is 1. The zero-order chi connectivity index (χ0) is 32.2. The van der Waals surface area contributed by atoms with Gasteiger partial charge in [0.25, 0.3) is 5.69 Å². The fourth-order valence-electron chi connectivity index (χ4n) is 5.29. The number of nitro groups is 1.